The first-order valence-electron chi connectivity index (χ1n) is 8.67. The van der Waals surface area contributed by atoms with E-state index in [1.54, 1.807) is 26.4 Å². The van der Waals surface area contributed by atoms with Gasteiger partial charge in [-0.25, -0.2) is 0 Å². The summed E-state index contributed by atoms with van der Waals surface area (Å²) in [5, 5.41) is 6.73. The SMILES string of the molecule is COCCNC(=O)COc1ccccc1-c1nc(-c2ccc(OC)cc2)no1. The molecule has 28 heavy (non-hydrogen) atoms. The predicted octanol–water partition coefficient (Wildman–Crippen LogP) is 2.55. The second kappa shape index (κ2) is 9.52. The van der Waals surface area contributed by atoms with Crippen LogP contribution in [0.1, 0.15) is 0 Å². The zero-order chi connectivity index (χ0) is 19.8. The monoisotopic (exact) mass is 383 g/mol. The molecule has 2 aromatic carbocycles. The molecule has 0 aliphatic carbocycles. The molecule has 1 N–H and O–H groups in total. The minimum absolute atomic E-state index is 0.125. The van der Waals surface area contributed by atoms with Crippen molar-refractivity contribution in [3.05, 3.63) is 48.5 Å². The summed E-state index contributed by atoms with van der Waals surface area (Å²) in [5.41, 5.74) is 1.41. The van der Waals surface area contributed by atoms with Gasteiger partial charge in [0.15, 0.2) is 6.61 Å². The number of rotatable bonds is 9. The van der Waals surface area contributed by atoms with Gasteiger partial charge in [-0.2, -0.15) is 4.98 Å². The van der Waals surface area contributed by atoms with E-state index in [2.05, 4.69) is 15.5 Å². The first-order chi connectivity index (χ1) is 13.7. The highest BCUT2D eigenvalue weighted by Gasteiger charge is 2.15. The van der Waals surface area contributed by atoms with Gasteiger partial charge in [-0.1, -0.05) is 17.3 Å². The molecule has 1 amide bonds. The third-order valence-corrected chi connectivity index (χ3v) is 3.88. The van der Waals surface area contributed by atoms with Crippen molar-refractivity contribution in [2.45, 2.75) is 0 Å². The first kappa shape index (κ1) is 19.4. The van der Waals surface area contributed by atoms with Crippen molar-refractivity contribution in [2.75, 3.05) is 34.0 Å². The van der Waals surface area contributed by atoms with Crippen molar-refractivity contribution in [2.24, 2.45) is 0 Å². The molecule has 0 saturated heterocycles. The number of carbonyl (C=O) groups is 1. The maximum absolute atomic E-state index is 11.8. The number of nitrogens with one attached hydrogen (secondary N) is 1. The lowest BCUT2D eigenvalue weighted by atomic mass is 10.2. The van der Waals surface area contributed by atoms with Crippen molar-refractivity contribution in [1.82, 2.24) is 15.5 Å². The largest absolute Gasteiger partial charge is 0.497 e. The summed E-state index contributed by atoms with van der Waals surface area (Å²) >= 11 is 0. The van der Waals surface area contributed by atoms with Crippen molar-refractivity contribution < 1.29 is 23.5 Å². The van der Waals surface area contributed by atoms with Crippen molar-refractivity contribution in [3.8, 4) is 34.3 Å². The topological polar surface area (TPSA) is 95.7 Å². The van der Waals surface area contributed by atoms with Crippen LogP contribution in [-0.2, 0) is 9.53 Å². The van der Waals surface area contributed by atoms with Crippen LogP contribution in [0.4, 0.5) is 0 Å². The van der Waals surface area contributed by atoms with E-state index in [1.165, 1.54) is 0 Å². The summed E-state index contributed by atoms with van der Waals surface area (Å²) in [6.45, 7) is 0.744. The lowest BCUT2D eigenvalue weighted by Gasteiger charge is -2.09. The van der Waals surface area contributed by atoms with Gasteiger partial charge in [0.25, 0.3) is 11.8 Å². The van der Waals surface area contributed by atoms with Crippen LogP contribution in [0.5, 0.6) is 11.5 Å². The van der Waals surface area contributed by atoms with Crippen LogP contribution in [0.3, 0.4) is 0 Å². The Bertz CT molecular complexity index is 908. The maximum Gasteiger partial charge on any atom is 0.262 e. The Kier molecular flexibility index (Phi) is 6.59. The molecular formula is C20H21N3O5. The Hall–Kier alpha value is -3.39. The number of nitrogens with zero attached hydrogens (tertiary/aromatic N) is 2. The van der Waals surface area contributed by atoms with Gasteiger partial charge in [0.1, 0.15) is 11.5 Å². The summed E-state index contributed by atoms with van der Waals surface area (Å²) in [6.07, 6.45) is 0. The van der Waals surface area contributed by atoms with E-state index in [0.29, 0.717) is 36.2 Å². The second-order valence-corrected chi connectivity index (χ2v) is 5.78. The molecule has 1 aromatic heterocycles. The summed E-state index contributed by atoms with van der Waals surface area (Å²) in [5.74, 6) is 1.74. The summed E-state index contributed by atoms with van der Waals surface area (Å²) in [6, 6.07) is 14.5. The number of hydrogen-bond donors (Lipinski definition) is 1. The molecule has 146 valence electrons. The number of methoxy groups -OCH3 is 2. The predicted molar refractivity (Wildman–Crippen MR) is 102 cm³/mol. The Morgan fingerprint density at radius 3 is 2.64 bits per heavy atom. The van der Waals surface area contributed by atoms with Crippen LogP contribution in [-0.4, -0.2) is 50.0 Å². The van der Waals surface area contributed by atoms with E-state index < -0.39 is 0 Å². The van der Waals surface area contributed by atoms with Gasteiger partial charge >= 0.3 is 0 Å². The molecular weight excluding hydrogens is 362 g/mol. The molecule has 0 spiro atoms. The Morgan fingerprint density at radius 1 is 1.11 bits per heavy atom. The molecule has 3 rings (SSSR count). The van der Waals surface area contributed by atoms with Gasteiger partial charge in [-0.3, -0.25) is 4.79 Å². The highest BCUT2D eigenvalue weighted by Crippen LogP contribution is 2.30. The summed E-state index contributed by atoms with van der Waals surface area (Å²) < 4.78 is 21.1. The third-order valence-electron chi connectivity index (χ3n) is 3.88. The zero-order valence-electron chi connectivity index (χ0n) is 15.7. The van der Waals surface area contributed by atoms with E-state index in [1.807, 2.05) is 36.4 Å². The molecule has 0 unspecified atom stereocenters. The van der Waals surface area contributed by atoms with Gasteiger partial charge < -0.3 is 24.1 Å². The lowest BCUT2D eigenvalue weighted by Crippen LogP contribution is -2.31. The fourth-order valence-corrected chi connectivity index (χ4v) is 2.45. The van der Waals surface area contributed by atoms with Crippen molar-refractivity contribution in [1.29, 1.82) is 0 Å². The van der Waals surface area contributed by atoms with Crippen LogP contribution in [0.15, 0.2) is 53.1 Å². The number of carbonyl (C=O) groups excluding carboxylic acids is 1. The van der Waals surface area contributed by atoms with Gasteiger partial charge in [-0.15, -0.1) is 0 Å². The summed E-state index contributed by atoms with van der Waals surface area (Å²) in [4.78, 5) is 16.3. The Morgan fingerprint density at radius 2 is 1.89 bits per heavy atom. The quantitative estimate of drug-likeness (QED) is 0.567. The molecule has 0 aliphatic heterocycles. The number of hydrogen-bond acceptors (Lipinski definition) is 7. The smallest absolute Gasteiger partial charge is 0.262 e. The molecule has 0 bridgehead atoms. The molecule has 1 heterocycles. The molecule has 3 aromatic rings. The molecule has 0 fully saturated rings. The van der Waals surface area contributed by atoms with Crippen LogP contribution in [0.2, 0.25) is 0 Å². The average molecular weight is 383 g/mol. The molecule has 0 radical (unpaired) electrons. The Balaban J connectivity index is 1.72. The van der Waals surface area contributed by atoms with Gasteiger partial charge in [0.05, 0.1) is 19.3 Å². The lowest BCUT2D eigenvalue weighted by molar-refractivity contribution is -0.123. The number of amides is 1. The Labute approximate surface area is 162 Å². The van der Waals surface area contributed by atoms with E-state index >= 15 is 0 Å². The van der Waals surface area contributed by atoms with Crippen LogP contribution in [0, 0.1) is 0 Å². The van der Waals surface area contributed by atoms with Gasteiger partial charge in [-0.05, 0) is 36.4 Å². The first-order valence-corrected chi connectivity index (χ1v) is 8.67. The standard InChI is InChI=1S/C20H21N3O5/c1-25-12-11-21-18(24)13-27-17-6-4-3-5-16(17)20-22-19(23-28-20)14-7-9-15(26-2)10-8-14/h3-10H,11-13H2,1-2H3,(H,21,24). The maximum atomic E-state index is 11.8. The number of benzene rings is 2. The van der Waals surface area contributed by atoms with Crippen molar-refractivity contribution in [3.63, 3.8) is 0 Å². The summed E-state index contributed by atoms with van der Waals surface area (Å²) in [7, 11) is 3.18. The minimum Gasteiger partial charge on any atom is -0.497 e. The molecule has 8 heteroatoms. The van der Waals surface area contributed by atoms with E-state index in [4.69, 9.17) is 18.7 Å². The van der Waals surface area contributed by atoms with Crippen LogP contribution >= 0.6 is 0 Å². The fourth-order valence-electron chi connectivity index (χ4n) is 2.45. The van der Waals surface area contributed by atoms with E-state index in [9.17, 15) is 4.79 Å². The molecule has 0 atom stereocenters. The molecule has 0 aliphatic rings. The highest BCUT2D eigenvalue weighted by atomic mass is 16.5. The van der Waals surface area contributed by atoms with Crippen LogP contribution in [0.25, 0.3) is 22.8 Å². The van der Waals surface area contributed by atoms with Gasteiger partial charge in [0.2, 0.25) is 5.82 Å². The minimum atomic E-state index is -0.240. The number of aromatic nitrogens is 2. The number of ether oxygens (including phenoxy) is 3. The third kappa shape index (κ3) is 4.86. The van der Waals surface area contributed by atoms with Crippen molar-refractivity contribution >= 4 is 5.91 Å². The normalized spacial score (nSPS) is 10.5. The zero-order valence-corrected chi connectivity index (χ0v) is 15.7. The fraction of sp³-hybridized carbons (Fsp3) is 0.250. The van der Waals surface area contributed by atoms with Gasteiger partial charge in [0, 0.05) is 19.2 Å². The van der Waals surface area contributed by atoms with E-state index in [0.717, 1.165) is 11.3 Å². The second-order valence-electron chi connectivity index (χ2n) is 5.78. The van der Waals surface area contributed by atoms with Crippen LogP contribution < -0.4 is 14.8 Å². The molecule has 0 saturated carbocycles. The number of para-hydroxylation sites is 1. The highest BCUT2D eigenvalue weighted by molar-refractivity contribution is 5.78. The average Bonchev–Trinajstić information content (AvgIpc) is 3.23. The molecule has 8 nitrogen and oxygen atoms in total. The van der Waals surface area contributed by atoms with E-state index in [-0.39, 0.29) is 12.5 Å².